The Labute approximate surface area is 94.9 Å². The smallest absolute Gasteiger partial charge is 0.255 e. The van der Waals surface area contributed by atoms with E-state index in [2.05, 4.69) is 22.4 Å². The molecule has 1 N–H and O–H groups in total. The molecule has 1 saturated heterocycles. The molecule has 5 heteroatoms. The minimum Gasteiger partial charge on any atom is -0.333 e. The summed E-state index contributed by atoms with van der Waals surface area (Å²) in [4.78, 5) is 14.1. The second kappa shape index (κ2) is 5.03. The van der Waals surface area contributed by atoms with Gasteiger partial charge in [0.1, 0.15) is 0 Å². The van der Waals surface area contributed by atoms with Gasteiger partial charge in [0.15, 0.2) is 0 Å². The maximum Gasteiger partial charge on any atom is 0.255 e. The molecule has 1 fully saturated rings. The van der Waals surface area contributed by atoms with Gasteiger partial charge in [-0.1, -0.05) is 6.92 Å². The molecule has 0 unspecified atom stereocenters. The van der Waals surface area contributed by atoms with Crippen molar-refractivity contribution in [3.05, 3.63) is 24.0 Å². The Hall–Kier alpha value is -1.49. The van der Waals surface area contributed by atoms with E-state index >= 15 is 0 Å². The van der Waals surface area contributed by atoms with Crippen molar-refractivity contribution in [2.75, 3.05) is 19.6 Å². The molecule has 0 bridgehead atoms. The summed E-state index contributed by atoms with van der Waals surface area (Å²) in [6.45, 7) is 4.67. The molecule has 1 aliphatic heterocycles. The number of carbonyl (C=O) groups is 1. The maximum atomic E-state index is 12.2. The number of nitrogens with one attached hydrogen (secondary N) is 1. The Morgan fingerprint density at radius 2 is 2.38 bits per heavy atom. The molecule has 0 radical (unpaired) electrons. The summed E-state index contributed by atoms with van der Waals surface area (Å²) in [5, 5.41) is 10.6. The van der Waals surface area contributed by atoms with Gasteiger partial charge in [-0.05, 0) is 12.5 Å². The third-order valence-electron chi connectivity index (χ3n) is 2.76. The molecule has 0 atom stereocenters. The van der Waals surface area contributed by atoms with Crippen molar-refractivity contribution in [2.24, 2.45) is 0 Å². The Morgan fingerprint density at radius 3 is 2.88 bits per heavy atom. The first-order valence-corrected chi connectivity index (χ1v) is 5.61. The van der Waals surface area contributed by atoms with Gasteiger partial charge >= 0.3 is 0 Å². The standard InChI is InChI=1S/C11H16N4O/c1-2-5-15(10-7-12-8-10)11(16)9-3-4-13-14-6-9/h3-4,6,10,12H,2,5,7-8H2,1H3. The van der Waals surface area contributed by atoms with Crippen molar-refractivity contribution in [1.29, 1.82) is 0 Å². The molecule has 1 aromatic heterocycles. The quantitative estimate of drug-likeness (QED) is 0.793. The molecular weight excluding hydrogens is 204 g/mol. The average molecular weight is 220 g/mol. The second-order valence-corrected chi connectivity index (χ2v) is 3.94. The summed E-state index contributed by atoms with van der Waals surface area (Å²) in [6.07, 6.45) is 4.05. The summed E-state index contributed by atoms with van der Waals surface area (Å²) in [5.41, 5.74) is 0.621. The van der Waals surface area contributed by atoms with E-state index in [1.165, 1.54) is 6.20 Å². The van der Waals surface area contributed by atoms with E-state index < -0.39 is 0 Å². The zero-order chi connectivity index (χ0) is 11.4. The second-order valence-electron chi connectivity index (χ2n) is 3.94. The zero-order valence-electron chi connectivity index (χ0n) is 9.39. The van der Waals surface area contributed by atoms with Crippen LogP contribution in [-0.4, -0.2) is 46.7 Å². The van der Waals surface area contributed by atoms with Gasteiger partial charge in [-0.2, -0.15) is 10.2 Å². The Morgan fingerprint density at radius 1 is 1.56 bits per heavy atom. The van der Waals surface area contributed by atoms with Crippen LogP contribution < -0.4 is 5.32 Å². The van der Waals surface area contributed by atoms with Crippen LogP contribution in [0.3, 0.4) is 0 Å². The molecular formula is C11H16N4O. The van der Waals surface area contributed by atoms with E-state index in [0.717, 1.165) is 26.1 Å². The number of nitrogens with zero attached hydrogens (tertiary/aromatic N) is 3. The van der Waals surface area contributed by atoms with Crippen LogP contribution in [-0.2, 0) is 0 Å². The van der Waals surface area contributed by atoms with E-state index in [-0.39, 0.29) is 5.91 Å². The minimum atomic E-state index is 0.0586. The summed E-state index contributed by atoms with van der Waals surface area (Å²) in [6, 6.07) is 2.05. The predicted octanol–water partition coefficient (Wildman–Crippen LogP) is 0.301. The molecule has 2 rings (SSSR count). The number of carbonyl (C=O) groups excluding carboxylic acids is 1. The molecule has 0 aromatic carbocycles. The molecule has 1 aromatic rings. The van der Waals surface area contributed by atoms with Crippen LogP contribution in [0.4, 0.5) is 0 Å². The fourth-order valence-electron chi connectivity index (χ4n) is 1.77. The summed E-state index contributed by atoms with van der Waals surface area (Å²) >= 11 is 0. The number of amides is 1. The van der Waals surface area contributed by atoms with Gasteiger partial charge in [0.2, 0.25) is 0 Å². The fraction of sp³-hybridized carbons (Fsp3) is 0.545. The summed E-state index contributed by atoms with van der Waals surface area (Å²) < 4.78 is 0. The topological polar surface area (TPSA) is 58.1 Å². The summed E-state index contributed by atoms with van der Waals surface area (Å²) in [7, 11) is 0. The molecule has 1 amide bonds. The van der Waals surface area contributed by atoms with Gasteiger partial charge in [0.25, 0.3) is 5.91 Å². The number of hydrogen-bond donors (Lipinski definition) is 1. The van der Waals surface area contributed by atoms with Crippen LogP contribution in [0.25, 0.3) is 0 Å². The van der Waals surface area contributed by atoms with E-state index in [4.69, 9.17) is 0 Å². The molecule has 16 heavy (non-hydrogen) atoms. The molecule has 0 spiro atoms. The van der Waals surface area contributed by atoms with Crippen molar-refractivity contribution >= 4 is 5.91 Å². The van der Waals surface area contributed by atoms with Gasteiger partial charge in [-0.25, -0.2) is 0 Å². The first-order chi connectivity index (χ1) is 7.83. The van der Waals surface area contributed by atoms with Crippen LogP contribution in [0.15, 0.2) is 18.5 Å². The van der Waals surface area contributed by atoms with Crippen LogP contribution in [0.2, 0.25) is 0 Å². The minimum absolute atomic E-state index is 0.0586. The summed E-state index contributed by atoms with van der Waals surface area (Å²) in [5.74, 6) is 0.0586. The molecule has 2 heterocycles. The fourth-order valence-corrected chi connectivity index (χ4v) is 1.77. The maximum absolute atomic E-state index is 12.2. The SMILES string of the molecule is CCCN(C(=O)c1ccnnc1)C1CNC1. The molecule has 0 aliphatic carbocycles. The van der Waals surface area contributed by atoms with Crippen molar-refractivity contribution < 1.29 is 4.79 Å². The van der Waals surface area contributed by atoms with Crippen molar-refractivity contribution in [2.45, 2.75) is 19.4 Å². The number of rotatable bonds is 4. The highest BCUT2D eigenvalue weighted by Gasteiger charge is 2.28. The van der Waals surface area contributed by atoms with Crippen molar-refractivity contribution in [3.8, 4) is 0 Å². The Bertz CT molecular complexity index is 350. The molecule has 86 valence electrons. The van der Waals surface area contributed by atoms with E-state index in [1.54, 1.807) is 12.3 Å². The number of aromatic nitrogens is 2. The van der Waals surface area contributed by atoms with Crippen LogP contribution in [0.1, 0.15) is 23.7 Å². The van der Waals surface area contributed by atoms with Crippen molar-refractivity contribution in [1.82, 2.24) is 20.4 Å². The lowest BCUT2D eigenvalue weighted by molar-refractivity contribution is 0.0615. The van der Waals surface area contributed by atoms with E-state index in [0.29, 0.717) is 11.6 Å². The van der Waals surface area contributed by atoms with Crippen molar-refractivity contribution in [3.63, 3.8) is 0 Å². The van der Waals surface area contributed by atoms with Gasteiger partial charge in [-0.15, -0.1) is 0 Å². The highest BCUT2D eigenvalue weighted by molar-refractivity contribution is 5.94. The average Bonchev–Trinajstić information content (AvgIpc) is 2.26. The highest BCUT2D eigenvalue weighted by Crippen LogP contribution is 2.11. The lowest BCUT2D eigenvalue weighted by atomic mass is 10.1. The molecule has 5 nitrogen and oxygen atoms in total. The van der Waals surface area contributed by atoms with Gasteiger partial charge in [0.05, 0.1) is 24.0 Å². The molecule has 0 saturated carbocycles. The third kappa shape index (κ3) is 2.19. The Kier molecular flexibility index (Phi) is 3.46. The normalized spacial score (nSPS) is 15.6. The first-order valence-electron chi connectivity index (χ1n) is 5.61. The Balaban J connectivity index is 2.10. The zero-order valence-corrected chi connectivity index (χ0v) is 9.39. The van der Waals surface area contributed by atoms with Gasteiger partial charge < -0.3 is 10.2 Å². The lowest BCUT2D eigenvalue weighted by Gasteiger charge is -2.38. The monoisotopic (exact) mass is 220 g/mol. The van der Waals surface area contributed by atoms with E-state index in [9.17, 15) is 4.79 Å². The van der Waals surface area contributed by atoms with Gasteiger partial charge in [-0.3, -0.25) is 4.79 Å². The van der Waals surface area contributed by atoms with Crippen LogP contribution in [0.5, 0.6) is 0 Å². The first kappa shape index (κ1) is 11.0. The highest BCUT2D eigenvalue weighted by atomic mass is 16.2. The van der Waals surface area contributed by atoms with Crippen LogP contribution >= 0.6 is 0 Å². The van der Waals surface area contributed by atoms with Gasteiger partial charge in [0, 0.05) is 19.6 Å². The third-order valence-corrected chi connectivity index (χ3v) is 2.76. The lowest BCUT2D eigenvalue weighted by Crippen LogP contribution is -2.59. The van der Waals surface area contributed by atoms with Crippen LogP contribution in [0, 0.1) is 0 Å². The largest absolute Gasteiger partial charge is 0.333 e. The number of hydrogen-bond acceptors (Lipinski definition) is 4. The predicted molar refractivity (Wildman–Crippen MR) is 60.0 cm³/mol. The molecule has 1 aliphatic rings. The van der Waals surface area contributed by atoms with E-state index in [1.807, 2.05) is 4.90 Å².